The van der Waals surface area contributed by atoms with Crippen LogP contribution in [0.4, 0.5) is 8.78 Å². The van der Waals surface area contributed by atoms with Gasteiger partial charge in [0.15, 0.2) is 11.6 Å². The second-order valence-electron chi connectivity index (χ2n) is 9.91. The van der Waals surface area contributed by atoms with E-state index in [1.54, 1.807) is 12.1 Å². The zero-order valence-electron chi connectivity index (χ0n) is 19.8. The molecule has 2 heteroatoms. The molecular formula is C29H42F2. The Hall–Kier alpha value is -1.44. The monoisotopic (exact) mass is 428 g/mol. The maximum Gasteiger partial charge on any atom is 0.166 e. The van der Waals surface area contributed by atoms with Crippen molar-refractivity contribution in [3.8, 4) is 0 Å². The number of aryl methyl sites for hydroxylation is 1. The van der Waals surface area contributed by atoms with Crippen LogP contribution in [0.15, 0.2) is 30.4 Å². The van der Waals surface area contributed by atoms with E-state index < -0.39 is 11.6 Å². The molecule has 0 aromatic heterocycles. The lowest BCUT2D eigenvalue weighted by Crippen LogP contribution is -2.21. The van der Waals surface area contributed by atoms with Crippen molar-refractivity contribution in [1.29, 1.82) is 0 Å². The SMILES string of the molecule is CCCCCCCCc1ccc(C2=CCC(C3CCC(CCC)CC3)C=C2)c(F)c1F. The molecule has 2 aliphatic rings. The summed E-state index contributed by atoms with van der Waals surface area (Å²) < 4.78 is 29.5. The Bertz CT molecular complexity index is 737. The Labute approximate surface area is 189 Å². The molecule has 0 bridgehead atoms. The van der Waals surface area contributed by atoms with E-state index in [2.05, 4.69) is 26.0 Å². The lowest BCUT2D eigenvalue weighted by molar-refractivity contribution is 0.221. The predicted molar refractivity (Wildman–Crippen MR) is 129 cm³/mol. The maximum absolute atomic E-state index is 14.8. The highest BCUT2D eigenvalue weighted by molar-refractivity contribution is 5.75. The molecule has 1 unspecified atom stereocenters. The molecule has 0 spiro atoms. The van der Waals surface area contributed by atoms with Crippen LogP contribution >= 0.6 is 0 Å². The van der Waals surface area contributed by atoms with Gasteiger partial charge in [0.25, 0.3) is 0 Å². The number of hydrogen-bond donors (Lipinski definition) is 0. The normalized spacial score (nSPS) is 23.7. The largest absolute Gasteiger partial charge is 0.203 e. The Balaban J connectivity index is 1.53. The van der Waals surface area contributed by atoms with Crippen LogP contribution in [-0.2, 0) is 6.42 Å². The van der Waals surface area contributed by atoms with E-state index in [9.17, 15) is 8.78 Å². The second kappa shape index (κ2) is 12.6. The van der Waals surface area contributed by atoms with Gasteiger partial charge in [-0.05, 0) is 61.0 Å². The van der Waals surface area contributed by atoms with Gasteiger partial charge in [-0.15, -0.1) is 0 Å². The smallest absolute Gasteiger partial charge is 0.166 e. The number of allylic oxidation sites excluding steroid dienone is 4. The van der Waals surface area contributed by atoms with E-state index in [0.717, 1.165) is 36.7 Å². The highest BCUT2D eigenvalue weighted by atomic mass is 19.2. The average Bonchev–Trinajstić information content (AvgIpc) is 2.80. The lowest BCUT2D eigenvalue weighted by Gasteiger charge is -2.33. The van der Waals surface area contributed by atoms with Crippen LogP contribution in [0, 0.1) is 29.4 Å². The van der Waals surface area contributed by atoms with Gasteiger partial charge < -0.3 is 0 Å². The van der Waals surface area contributed by atoms with Gasteiger partial charge >= 0.3 is 0 Å². The lowest BCUT2D eigenvalue weighted by atomic mass is 9.72. The Morgan fingerprint density at radius 1 is 0.839 bits per heavy atom. The van der Waals surface area contributed by atoms with Gasteiger partial charge in [-0.25, -0.2) is 8.78 Å². The fraction of sp³-hybridized carbons (Fsp3) is 0.655. The van der Waals surface area contributed by atoms with Crippen molar-refractivity contribution in [2.24, 2.45) is 17.8 Å². The van der Waals surface area contributed by atoms with Crippen molar-refractivity contribution in [3.63, 3.8) is 0 Å². The minimum atomic E-state index is -0.669. The summed E-state index contributed by atoms with van der Waals surface area (Å²) >= 11 is 0. The van der Waals surface area contributed by atoms with Gasteiger partial charge in [-0.2, -0.15) is 0 Å². The first-order valence-electron chi connectivity index (χ1n) is 13.0. The molecule has 3 rings (SSSR count). The Morgan fingerprint density at radius 2 is 1.58 bits per heavy atom. The minimum absolute atomic E-state index is 0.422. The average molecular weight is 429 g/mol. The summed E-state index contributed by atoms with van der Waals surface area (Å²) in [6, 6.07) is 3.59. The van der Waals surface area contributed by atoms with Crippen molar-refractivity contribution in [1.82, 2.24) is 0 Å². The van der Waals surface area contributed by atoms with E-state index >= 15 is 0 Å². The van der Waals surface area contributed by atoms with Crippen molar-refractivity contribution in [3.05, 3.63) is 53.1 Å². The first-order chi connectivity index (χ1) is 15.1. The summed E-state index contributed by atoms with van der Waals surface area (Å²) in [4.78, 5) is 0. The zero-order chi connectivity index (χ0) is 22.1. The summed E-state index contributed by atoms with van der Waals surface area (Å²) in [5.74, 6) is 0.927. The third-order valence-corrected chi connectivity index (χ3v) is 7.60. The van der Waals surface area contributed by atoms with Crippen molar-refractivity contribution in [2.45, 2.75) is 104 Å². The van der Waals surface area contributed by atoms with Gasteiger partial charge in [-0.3, -0.25) is 0 Å². The van der Waals surface area contributed by atoms with Gasteiger partial charge in [0.2, 0.25) is 0 Å². The van der Waals surface area contributed by atoms with E-state index in [4.69, 9.17) is 0 Å². The third-order valence-electron chi connectivity index (χ3n) is 7.60. The molecule has 172 valence electrons. The van der Waals surface area contributed by atoms with Crippen LogP contribution in [0.3, 0.4) is 0 Å². The number of halogens is 2. The van der Waals surface area contributed by atoms with Gasteiger partial charge in [0, 0.05) is 5.56 Å². The molecular weight excluding hydrogens is 386 g/mol. The van der Waals surface area contributed by atoms with Crippen molar-refractivity contribution in [2.75, 3.05) is 0 Å². The molecule has 0 amide bonds. The predicted octanol–water partition coefficient (Wildman–Crippen LogP) is 9.43. The van der Waals surface area contributed by atoms with Crippen LogP contribution in [-0.4, -0.2) is 0 Å². The molecule has 1 fully saturated rings. The first-order valence-corrected chi connectivity index (χ1v) is 13.0. The Kier molecular flexibility index (Phi) is 9.81. The van der Waals surface area contributed by atoms with Gasteiger partial charge in [-0.1, -0.05) is 102 Å². The molecule has 0 nitrogen and oxygen atoms in total. The summed E-state index contributed by atoms with van der Waals surface area (Å²) in [6.07, 6.45) is 23.0. The molecule has 0 saturated heterocycles. The molecule has 0 N–H and O–H groups in total. The molecule has 2 aliphatic carbocycles. The van der Waals surface area contributed by atoms with E-state index in [0.29, 0.717) is 23.5 Å². The standard InChI is InChI=1S/C29H42F2/c1-3-5-6-7-8-9-11-26-20-21-27(29(31)28(26)30)25-18-16-24(17-19-25)23-14-12-22(10-4-2)13-15-23/h16,18-24H,3-15,17H2,1-2H3. The fourth-order valence-corrected chi connectivity index (χ4v) is 5.60. The van der Waals surface area contributed by atoms with Crippen LogP contribution in [0.25, 0.3) is 5.57 Å². The number of hydrogen-bond acceptors (Lipinski definition) is 0. The quantitative estimate of drug-likeness (QED) is 0.308. The van der Waals surface area contributed by atoms with Crippen LogP contribution in [0.5, 0.6) is 0 Å². The zero-order valence-corrected chi connectivity index (χ0v) is 19.8. The van der Waals surface area contributed by atoms with E-state index in [-0.39, 0.29) is 0 Å². The summed E-state index contributed by atoms with van der Waals surface area (Å²) in [7, 11) is 0. The second-order valence-corrected chi connectivity index (χ2v) is 9.91. The summed E-state index contributed by atoms with van der Waals surface area (Å²) in [5.41, 5.74) is 1.79. The molecule has 1 aromatic rings. The van der Waals surface area contributed by atoms with Crippen LogP contribution < -0.4 is 0 Å². The number of rotatable bonds is 11. The summed E-state index contributed by atoms with van der Waals surface area (Å²) in [6.45, 7) is 4.49. The highest BCUT2D eigenvalue weighted by Gasteiger charge is 2.27. The first kappa shape index (κ1) is 24.2. The maximum atomic E-state index is 14.8. The molecule has 0 aliphatic heterocycles. The van der Waals surface area contributed by atoms with Gasteiger partial charge in [0.1, 0.15) is 0 Å². The molecule has 0 heterocycles. The molecule has 1 saturated carbocycles. The van der Waals surface area contributed by atoms with E-state index in [1.165, 1.54) is 64.2 Å². The third kappa shape index (κ3) is 6.77. The Morgan fingerprint density at radius 3 is 2.26 bits per heavy atom. The van der Waals surface area contributed by atoms with Crippen LogP contribution in [0.2, 0.25) is 0 Å². The highest BCUT2D eigenvalue weighted by Crippen LogP contribution is 2.39. The molecule has 1 aromatic carbocycles. The molecule has 31 heavy (non-hydrogen) atoms. The number of benzene rings is 1. The fourth-order valence-electron chi connectivity index (χ4n) is 5.60. The van der Waals surface area contributed by atoms with E-state index in [1.807, 2.05) is 6.08 Å². The van der Waals surface area contributed by atoms with Crippen LogP contribution in [0.1, 0.15) is 108 Å². The van der Waals surface area contributed by atoms with Gasteiger partial charge in [0.05, 0.1) is 0 Å². The molecule has 1 atom stereocenters. The van der Waals surface area contributed by atoms with Crippen molar-refractivity contribution >= 4 is 5.57 Å². The molecule has 0 radical (unpaired) electrons. The minimum Gasteiger partial charge on any atom is -0.203 e. The number of unbranched alkanes of at least 4 members (excludes halogenated alkanes) is 5. The topological polar surface area (TPSA) is 0 Å². The van der Waals surface area contributed by atoms with Crippen molar-refractivity contribution < 1.29 is 8.78 Å². The summed E-state index contributed by atoms with van der Waals surface area (Å²) in [5, 5.41) is 0.